The topological polar surface area (TPSA) is 52.6 Å². The highest BCUT2D eigenvalue weighted by molar-refractivity contribution is 5.70. The second-order valence-corrected chi connectivity index (χ2v) is 5.15. The predicted molar refractivity (Wildman–Crippen MR) is 69.2 cm³/mol. The molecule has 0 radical (unpaired) electrons. The molecule has 1 fully saturated rings. The molecule has 3 unspecified atom stereocenters. The number of piperidine rings is 1. The number of nitrogens with zero attached hydrogens (tertiary/aromatic N) is 1. The summed E-state index contributed by atoms with van der Waals surface area (Å²) in [6.07, 6.45) is 4.80. The third-order valence-corrected chi connectivity index (χ3v) is 4.04. The first-order valence-corrected chi connectivity index (χ1v) is 6.71. The Hall–Kier alpha value is -0.610. The molecule has 1 heterocycles. The molecule has 1 saturated heterocycles. The molecule has 0 spiro atoms. The molecule has 2 N–H and O–H groups in total. The molecule has 0 aromatic heterocycles. The zero-order valence-corrected chi connectivity index (χ0v) is 11.3. The summed E-state index contributed by atoms with van der Waals surface area (Å²) in [4.78, 5) is 13.5. The van der Waals surface area contributed by atoms with Gasteiger partial charge in [0.2, 0.25) is 0 Å². The van der Waals surface area contributed by atoms with E-state index < -0.39 is 5.97 Å². The number of carboxylic acids is 1. The molecule has 100 valence electrons. The highest BCUT2D eigenvalue weighted by Gasteiger charge is 2.31. The van der Waals surface area contributed by atoms with Gasteiger partial charge in [0.25, 0.3) is 0 Å². The number of likely N-dealkylation sites (tertiary alicyclic amines) is 1. The van der Waals surface area contributed by atoms with Gasteiger partial charge in [-0.15, -0.1) is 0 Å². The number of nitrogens with one attached hydrogen (secondary N) is 1. The van der Waals surface area contributed by atoms with Crippen LogP contribution in [0, 0.1) is 5.92 Å². The second-order valence-electron chi connectivity index (χ2n) is 5.15. The maximum Gasteiger partial charge on any atom is 0.307 e. The fourth-order valence-electron chi connectivity index (χ4n) is 2.67. The Kier molecular flexibility index (Phi) is 5.92. The van der Waals surface area contributed by atoms with Crippen LogP contribution in [0.2, 0.25) is 0 Å². The molecule has 0 saturated carbocycles. The van der Waals surface area contributed by atoms with Crippen molar-refractivity contribution in [2.24, 2.45) is 5.92 Å². The van der Waals surface area contributed by atoms with Crippen molar-refractivity contribution in [1.29, 1.82) is 0 Å². The third kappa shape index (κ3) is 3.96. The van der Waals surface area contributed by atoms with Gasteiger partial charge in [0.1, 0.15) is 0 Å². The lowest BCUT2D eigenvalue weighted by molar-refractivity contribution is -0.143. The summed E-state index contributed by atoms with van der Waals surface area (Å²) in [5, 5.41) is 12.3. The maximum atomic E-state index is 11.1. The van der Waals surface area contributed by atoms with E-state index in [4.69, 9.17) is 5.11 Å². The summed E-state index contributed by atoms with van der Waals surface area (Å²) in [5.74, 6) is -0.972. The van der Waals surface area contributed by atoms with Crippen LogP contribution in [-0.4, -0.2) is 48.2 Å². The highest BCUT2D eigenvalue weighted by atomic mass is 16.4. The van der Waals surface area contributed by atoms with Crippen LogP contribution < -0.4 is 5.32 Å². The monoisotopic (exact) mass is 242 g/mol. The molecule has 1 aliphatic rings. The number of hydrogen-bond acceptors (Lipinski definition) is 3. The summed E-state index contributed by atoms with van der Waals surface area (Å²) in [6, 6.07) is 0.683. The van der Waals surface area contributed by atoms with Gasteiger partial charge in [0.15, 0.2) is 0 Å². The normalized spacial score (nSPS) is 25.5. The summed E-state index contributed by atoms with van der Waals surface area (Å²) in [5.41, 5.74) is 0. The van der Waals surface area contributed by atoms with Gasteiger partial charge in [0, 0.05) is 12.1 Å². The lowest BCUT2D eigenvalue weighted by Crippen LogP contribution is -2.49. The zero-order chi connectivity index (χ0) is 12.8. The van der Waals surface area contributed by atoms with E-state index in [1.165, 1.54) is 19.3 Å². The van der Waals surface area contributed by atoms with Crippen molar-refractivity contribution in [3.8, 4) is 0 Å². The van der Waals surface area contributed by atoms with Gasteiger partial charge in [-0.25, -0.2) is 0 Å². The molecule has 0 aromatic rings. The number of aliphatic carboxylic acids is 1. The average molecular weight is 242 g/mol. The Morgan fingerprint density at radius 1 is 1.47 bits per heavy atom. The van der Waals surface area contributed by atoms with E-state index in [1.807, 2.05) is 14.0 Å². The molecule has 0 aliphatic carbocycles. The third-order valence-electron chi connectivity index (χ3n) is 4.04. The minimum Gasteiger partial charge on any atom is -0.481 e. The smallest absolute Gasteiger partial charge is 0.307 e. The minimum atomic E-state index is -0.685. The van der Waals surface area contributed by atoms with Crippen molar-refractivity contribution in [2.75, 3.05) is 20.1 Å². The van der Waals surface area contributed by atoms with E-state index in [-0.39, 0.29) is 12.0 Å². The van der Waals surface area contributed by atoms with Gasteiger partial charge in [-0.3, -0.25) is 9.69 Å². The quantitative estimate of drug-likeness (QED) is 0.742. The van der Waals surface area contributed by atoms with Crippen LogP contribution in [0.15, 0.2) is 0 Å². The Morgan fingerprint density at radius 2 is 2.18 bits per heavy atom. The summed E-state index contributed by atoms with van der Waals surface area (Å²) < 4.78 is 0. The summed E-state index contributed by atoms with van der Waals surface area (Å²) in [6.45, 7) is 5.93. The standard InChI is InChI=1S/C13H26N2O2/c1-10(13(16)17)11(2)15-9-5-4-6-12(15)7-8-14-3/h10-12,14H,4-9H2,1-3H3,(H,16,17). The molecular formula is C13H26N2O2. The van der Waals surface area contributed by atoms with Gasteiger partial charge in [-0.1, -0.05) is 13.3 Å². The molecule has 0 aromatic carbocycles. The van der Waals surface area contributed by atoms with Crippen LogP contribution >= 0.6 is 0 Å². The summed E-state index contributed by atoms with van der Waals surface area (Å²) >= 11 is 0. The number of rotatable bonds is 6. The Bertz CT molecular complexity index is 246. The fourth-order valence-corrected chi connectivity index (χ4v) is 2.67. The Balaban J connectivity index is 2.59. The molecule has 4 nitrogen and oxygen atoms in total. The van der Waals surface area contributed by atoms with Crippen molar-refractivity contribution in [1.82, 2.24) is 10.2 Å². The second kappa shape index (κ2) is 6.97. The lowest BCUT2D eigenvalue weighted by Gasteiger charge is -2.41. The largest absolute Gasteiger partial charge is 0.481 e. The molecule has 4 heteroatoms. The SMILES string of the molecule is CNCCC1CCCCN1C(C)C(C)C(=O)O. The van der Waals surface area contributed by atoms with Crippen LogP contribution in [0.25, 0.3) is 0 Å². The van der Waals surface area contributed by atoms with Crippen molar-refractivity contribution in [3.05, 3.63) is 0 Å². The molecule has 1 aliphatic heterocycles. The zero-order valence-electron chi connectivity index (χ0n) is 11.3. The highest BCUT2D eigenvalue weighted by Crippen LogP contribution is 2.24. The van der Waals surface area contributed by atoms with Gasteiger partial charge in [-0.2, -0.15) is 0 Å². The fraction of sp³-hybridized carbons (Fsp3) is 0.923. The number of hydrogen-bond donors (Lipinski definition) is 2. The predicted octanol–water partition coefficient (Wildman–Crippen LogP) is 1.56. The van der Waals surface area contributed by atoms with E-state index in [0.29, 0.717) is 6.04 Å². The van der Waals surface area contributed by atoms with E-state index >= 15 is 0 Å². The number of carbonyl (C=O) groups is 1. The van der Waals surface area contributed by atoms with Gasteiger partial charge >= 0.3 is 5.97 Å². The molecule has 17 heavy (non-hydrogen) atoms. The first-order chi connectivity index (χ1) is 8.07. The molecule has 0 bridgehead atoms. The van der Waals surface area contributed by atoms with Crippen LogP contribution in [0.1, 0.15) is 39.5 Å². The molecule has 0 amide bonds. The lowest BCUT2D eigenvalue weighted by atomic mass is 9.93. The van der Waals surface area contributed by atoms with Crippen LogP contribution in [-0.2, 0) is 4.79 Å². The van der Waals surface area contributed by atoms with Crippen molar-refractivity contribution in [3.63, 3.8) is 0 Å². The van der Waals surface area contributed by atoms with Gasteiger partial charge in [0.05, 0.1) is 5.92 Å². The summed E-state index contributed by atoms with van der Waals surface area (Å²) in [7, 11) is 1.97. The van der Waals surface area contributed by atoms with Crippen molar-refractivity contribution < 1.29 is 9.90 Å². The molecule has 1 rings (SSSR count). The number of carboxylic acid groups (broad SMARTS) is 1. The maximum absolute atomic E-state index is 11.1. The van der Waals surface area contributed by atoms with Gasteiger partial charge < -0.3 is 10.4 Å². The van der Waals surface area contributed by atoms with E-state index in [0.717, 1.165) is 19.5 Å². The van der Waals surface area contributed by atoms with Crippen molar-refractivity contribution in [2.45, 2.75) is 51.6 Å². The van der Waals surface area contributed by atoms with Crippen LogP contribution in [0.3, 0.4) is 0 Å². The first-order valence-electron chi connectivity index (χ1n) is 6.71. The van der Waals surface area contributed by atoms with Gasteiger partial charge in [-0.05, 0) is 46.3 Å². The Labute approximate surface area is 104 Å². The van der Waals surface area contributed by atoms with Crippen LogP contribution in [0.4, 0.5) is 0 Å². The molecular weight excluding hydrogens is 216 g/mol. The molecule has 3 atom stereocenters. The average Bonchev–Trinajstić information content (AvgIpc) is 2.34. The van der Waals surface area contributed by atoms with E-state index in [9.17, 15) is 4.79 Å². The van der Waals surface area contributed by atoms with E-state index in [1.54, 1.807) is 0 Å². The van der Waals surface area contributed by atoms with Crippen LogP contribution in [0.5, 0.6) is 0 Å². The van der Waals surface area contributed by atoms with E-state index in [2.05, 4.69) is 17.1 Å². The minimum absolute atomic E-state index is 0.134. The Morgan fingerprint density at radius 3 is 2.76 bits per heavy atom. The van der Waals surface area contributed by atoms with Crippen molar-refractivity contribution >= 4 is 5.97 Å². The first kappa shape index (κ1) is 14.5.